The number of carboxylic acids is 1. The van der Waals surface area contributed by atoms with Gasteiger partial charge in [-0.25, -0.2) is 9.59 Å². The van der Waals surface area contributed by atoms with Crippen LogP contribution in [0.3, 0.4) is 0 Å². The van der Waals surface area contributed by atoms with Gasteiger partial charge in [-0.3, -0.25) is 9.59 Å². The molecule has 1 aromatic heterocycles. The molecule has 0 aromatic carbocycles. The van der Waals surface area contributed by atoms with Crippen LogP contribution in [0.2, 0.25) is 10.2 Å². The molecule has 5 N–H and O–H groups in total. The van der Waals surface area contributed by atoms with Crippen LogP contribution in [0.15, 0.2) is 53.4 Å². The number of carbonyl (C=O) groups is 4. The number of aromatic amines is 1. The molecule has 7 rings (SSSR count). The molecule has 1 spiro atoms. The van der Waals surface area contributed by atoms with E-state index in [1.165, 1.54) is 6.07 Å². The number of Topliss-reactive ketones (excluding diaryl/α,β-unsaturated/α-hetero) is 1. The van der Waals surface area contributed by atoms with Crippen molar-refractivity contribution in [3.8, 4) is 0 Å². The number of nitrogens with one attached hydrogen (secondary N) is 2. The van der Waals surface area contributed by atoms with Crippen molar-refractivity contribution in [2.45, 2.75) is 135 Å². The average molecular weight is 844 g/mol. The van der Waals surface area contributed by atoms with Crippen LogP contribution in [-0.2, 0) is 28.6 Å². The molecule has 3 heterocycles. The van der Waals surface area contributed by atoms with Crippen molar-refractivity contribution >= 4 is 46.8 Å². The van der Waals surface area contributed by atoms with Gasteiger partial charge in [0, 0.05) is 29.7 Å². The highest BCUT2D eigenvalue weighted by Crippen LogP contribution is 2.61. The van der Waals surface area contributed by atoms with E-state index in [0.29, 0.717) is 25.7 Å². The molecule has 6 aliphatic rings. The number of aromatic nitrogens is 1. The number of allylic oxidation sites excluding steroid dienone is 3. The number of fused-ring (bicyclic) bond motifs is 4. The largest absolute Gasteiger partial charge is 0.511 e. The highest BCUT2D eigenvalue weighted by molar-refractivity contribution is 6.36. The van der Waals surface area contributed by atoms with E-state index in [2.05, 4.69) is 29.4 Å². The molecule has 316 valence electrons. The molecule has 13 atom stereocenters. The highest BCUT2D eigenvalue weighted by atomic mass is 35.5. The first kappa shape index (κ1) is 42.7. The van der Waals surface area contributed by atoms with Gasteiger partial charge < -0.3 is 39.8 Å². The zero-order valence-electron chi connectivity index (χ0n) is 33.8. The van der Waals surface area contributed by atoms with Crippen molar-refractivity contribution in [1.82, 2.24) is 10.3 Å². The minimum absolute atomic E-state index is 0.00395. The van der Waals surface area contributed by atoms with Crippen LogP contribution in [0.5, 0.6) is 0 Å². The number of ketones is 1. The van der Waals surface area contributed by atoms with Crippen molar-refractivity contribution in [3.63, 3.8) is 0 Å². The van der Waals surface area contributed by atoms with Gasteiger partial charge in [-0.15, -0.1) is 0 Å². The van der Waals surface area contributed by atoms with E-state index < -0.39 is 76.6 Å². The minimum Gasteiger partial charge on any atom is -0.511 e. The molecule has 58 heavy (non-hydrogen) atoms. The van der Waals surface area contributed by atoms with Crippen LogP contribution in [-0.4, -0.2) is 80.2 Å². The van der Waals surface area contributed by atoms with Gasteiger partial charge in [0.1, 0.15) is 22.2 Å². The monoisotopic (exact) mass is 842 g/mol. The van der Waals surface area contributed by atoms with E-state index in [9.17, 15) is 29.7 Å². The van der Waals surface area contributed by atoms with E-state index in [4.69, 9.17) is 37.4 Å². The standard InChI is InChI=1S/C44H56Cl2N2O10/c1-6-24-20-44-38(51)33(41(55)58-44)37(50)43(7-2)25(12-10-8-9-11-17-42(44,5)21-27(24)40(53)54)14-15-26-28(43)16-13-22(3)36(26)57-32-19-30(49)34(23(4)56-32)48-39(52)35-29(45)18-31(46)47-35/h11,14-15,17-18,21-26,28,30,32,34,36,47,49-50H,6-10,12-13,16,19-20H2,1-5H3,(H,48,52)(H,53,54)/t22-,23+,24-,25+,26-,28-,30+,32-,34+,36-,42-,43+,44+/m0/s1. The predicted octanol–water partition coefficient (Wildman–Crippen LogP) is 7.80. The summed E-state index contributed by atoms with van der Waals surface area (Å²) in [6.07, 6.45) is 12.3. The summed E-state index contributed by atoms with van der Waals surface area (Å²) in [4.78, 5) is 57.5. The van der Waals surface area contributed by atoms with Gasteiger partial charge in [0.05, 0.1) is 34.8 Å². The van der Waals surface area contributed by atoms with Crippen molar-refractivity contribution in [2.24, 2.45) is 40.4 Å². The molecule has 2 aliphatic heterocycles. The summed E-state index contributed by atoms with van der Waals surface area (Å²) < 4.78 is 19.3. The summed E-state index contributed by atoms with van der Waals surface area (Å²) in [5.41, 5.74) is -4.03. The maximum atomic E-state index is 15.1. The fraction of sp³-hybridized carbons (Fsp3) is 0.636. The first-order chi connectivity index (χ1) is 27.5. The van der Waals surface area contributed by atoms with Crippen LogP contribution in [0.1, 0.15) is 109 Å². The Balaban J connectivity index is 1.21. The topological polar surface area (TPSA) is 184 Å². The lowest BCUT2D eigenvalue weighted by Crippen LogP contribution is -2.58. The fourth-order valence-electron chi connectivity index (χ4n) is 11.3. The molecule has 12 nitrogen and oxygen atoms in total. The number of esters is 1. The number of hydrogen-bond donors (Lipinski definition) is 5. The molecule has 4 aliphatic carbocycles. The SMILES string of the molecule is CC[C@H]1C[C@]23OC(=O)C(=C(O)[C@]4(CC)[C@@H](C=C[C@@H]5[C@@H](O[C@H]6C[C@@H](O)[C@H](NC(=O)c7[nH]c(Cl)cc7Cl)[C@@H](C)O6)[C@@H](C)CC[C@@H]54)CCCCC=C[C@@]2(C)C=C1C(=O)O)C3=O. The summed E-state index contributed by atoms with van der Waals surface area (Å²) in [6.45, 7) is 9.47. The normalized spacial score (nSPS) is 40.2. The third-order valence-corrected chi connectivity index (χ3v) is 15.0. The summed E-state index contributed by atoms with van der Waals surface area (Å²) in [5.74, 6) is -4.44. The van der Waals surface area contributed by atoms with Gasteiger partial charge in [0.25, 0.3) is 5.91 Å². The van der Waals surface area contributed by atoms with Gasteiger partial charge in [0.15, 0.2) is 11.9 Å². The summed E-state index contributed by atoms with van der Waals surface area (Å²) >= 11 is 12.2. The van der Waals surface area contributed by atoms with Crippen molar-refractivity contribution in [1.29, 1.82) is 0 Å². The van der Waals surface area contributed by atoms with Crippen LogP contribution >= 0.6 is 23.2 Å². The summed E-state index contributed by atoms with van der Waals surface area (Å²) in [7, 11) is 0. The number of ether oxygens (including phenoxy) is 3. The maximum absolute atomic E-state index is 15.1. The lowest BCUT2D eigenvalue weighted by atomic mass is 9.50. The van der Waals surface area contributed by atoms with Crippen molar-refractivity contribution in [2.75, 3.05) is 0 Å². The fourth-order valence-corrected chi connectivity index (χ4v) is 11.8. The molecule has 2 bridgehead atoms. The molecule has 1 amide bonds. The summed E-state index contributed by atoms with van der Waals surface area (Å²) in [5, 5.41) is 37.5. The van der Waals surface area contributed by atoms with E-state index >= 15 is 4.79 Å². The Kier molecular flexibility index (Phi) is 11.9. The number of halogens is 2. The Bertz CT molecular complexity index is 1940. The third-order valence-electron chi connectivity index (χ3n) is 14.5. The van der Waals surface area contributed by atoms with Gasteiger partial charge >= 0.3 is 11.9 Å². The second-order valence-corrected chi connectivity index (χ2v) is 18.4. The third kappa shape index (κ3) is 6.98. The lowest BCUT2D eigenvalue weighted by molar-refractivity contribution is -0.258. The minimum atomic E-state index is -1.72. The number of aliphatic hydroxyl groups is 2. The highest BCUT2D eigenvalue weighted by Gasteiger charge is 2.67. The lowest BCUT2D eigenvalue weighted by Gasteiger charge is -2.55. The maximum Gasteiger partial charge on any atom is 0.346 e. The Morgan fingerprint density at radius 1 is 1.10 bits per heavy atom. The number of carbonyl (C=O) groups excluding carboxylic acids is 3. The van der Waals surface area contributed by atoms with Gasteiger partial charge in [-0.2, -0.15) is 0 Å². The predicted molar refractivity (Wildman–Crippen MR) is 216 cm³/mol. The zero-order chi connectivity index (χ0) is 41.9. The molecular formula is C44H56Cl2N2O10. The number of aliphatic carboxylic acids is 1. The van der Waals surface area contributed by atoms with Crippen LogP contribution in [0.4, 0.5) is 0 Å². The first-order valence-electron chi connectivity index (χ1n) is 20.9. The number of carboxylic acid groups (broad SMARTS) is 1. The van der Waals surface area contributed by atoms with Crippen molar-refractivity contribution < 1.29 is 48.7 Å². The Hall–Kier alpha value is -3.42. The smallest absolute Gasteiger partial charge is 0.346 e. The van der Waals surface area contributed by atoms with Crippen LogP contribution in [0, 0.1) is 40.4 Å². The molecule has 3 fully saturated rings. The van der Waals surface area contributed by atoms with E-state index in [1.807, 2.05) is 26.0 Å². The molecule has 14 heteroatoms. The Labute approximate surface area is 349 Å². The van der Waals surface area contributed by atoms with Gasteiger partial charge in [-0.1, -0.05) is 80.8 Å². The second kappa shape index (κ2) is 16.2. The molecule has 2 saturated heterocycles. The van der Waals surface area contributed by atoms with E-state index in [0.717, 1.165) is 25.7 Å². The average Bonchev–Trinajstić information content (AvgIpc) is 3.65. The van der Waals surface area contributed by atoms with E-state index in [1.54, 1.807) is 19.9 Å². The van der Waals surface area contributed by atoms with Crippen molar-refractivity contribution in [3.05, 3.63) is 69.2 Å². The summed E-state index contributed by atoms with van der Waals surface area (Å²) in [6, 6.07) is 0.674. The molecule has 0 radical (unpaired) electrons. The second-order valence-electron chi connectivity index (χ2n) is 17.6. The quantitative estimate of drug-likeness (QED) is 0.103. The zero-order valence-corrected chi connectivity index (χ0v) is 35.3. The Morgan fingerprint density at radius 3 is 2.52 bits per heavy atom. The van der Waals surface area contributed by atoms with Crippen LogP contribution < -0.4 is 5.32 Å². The molecule has 1 saturated carbocycles. The van der Waals surface area contributed by atoms with Gasteiger partial charge in [-0.05, 0) is 88.5 Å². The molecular weight excluding hydrogens is 787 g/mol. The molecule has 0 unspecified atom stereocenters. The number of rotatable bonds is 7. The number of aliphatic hydroxyl groups excluding tert-OH is 2. The van der Waals surface area contributed by atoms with Gasteiger partial charge in [0.2, 0.25) is 5.78 Å². The van der Waals surface area contributed by atoms with E-state index in [-0.39, 0.29) is 69.3 Å². The first-order valence-corrected chi connectivity index (χ1v) is 21.6. The Morgan fingerprint density at radius 2 is 1.86 bits per heavy atom. The number of amides is 1. The van der Waals surface area contributed by atoms with Crippen LogP contribution in [0.25, 0.3) is 0 Å². The number of hydrogen-bond acceptors (Lipinski definition) is 9. The molecule has 1 aromatic rings. The number of H-pyrrole nitrogens is 1.